The summed E-state index contributed by atoms with van der Waals surface area (Å²) in [5.41, 5.74) is 0.562. The molecule has 122 valence electrons. The van der Waals surface area contributed by atoms with Crippen LogP contribution >= 0.6 is 11.8 Å². The number of carbonyl (C=O) groups excluding carboxylic acids is 1. The molecule has 0 atom stereocenters. The molecule has 1 amide bonds. The van der Waals surface area contributed by atoms with Gasteiger partial charge >= 0.3 is 0 Å². The number of amides is 1. The van der Waals surface area contributed by atoms with Crippen LogP contribution < -0.4 is 5.32 Å². The standard InChI is InChI=1S/C16H20N4O2S/c1-23-16-12(8-5-9-17-16)15(21)18-10-13-19-14(20-22-13)11-6-3-2-4-7-11/h5,8-9,11H,2-4,6-7,10H2,1H3,(H,18,21). The summed E-state index contributed by atoms with van der Waals surface area (Å²) in [6, 6.07) is 3.51. The number of aromatic nitrogens is 3. The van der Waals surface area contributed by atoms with E-state index in [9.17, 15) is 4.79 Å². The summed E-state index contributed by atoms with van der Waals surface area (Å²) >= 11 is 1.44. The Balaban J connectivity index is 1.60. The van der Waals surface area contributed by atoms with Crippen molar-refractivity contribution < 1.29 is 9.32 Å². The fraction of sp³-hybridized carbons (Fsp3) is 0.500. The van der Waals surface area contributed by atoms with Crippen LogP contribution in [0.2, 0.25) is 0 Å². The van der Waals surface area contributed by atoms with Gasteiger partial charge in [-0.3, -0.25) is 4.79 Å². The topological polar surface area (TPSA) is 80.9 Å². The normalized spacial score (nSPS) is 15.5. The quantitative estimate of drug-likeness (QED) is 0.847. The van der Waals surface area contributed by atoms with Crippen LogP contribution in [0.3, 0.4) is 0 Å². The van der Waals surface area contributed by atoms with Crippen molar-refractivity contribution in [2.75, 3.05) is 6.26 Å². The number of rotatable bonds is 5. The van der Waals surface area contributed by atoms with E-state index in [-0.39, 0.29) is 12.5 Å². The molecule has 7 heteroatoms. The summed E-state index contributed by atoms with van der Waals surface area (Å²) in [7, 11) is 0. The molecule has 1 saturated carbocycles. The molecule has 2 aromatic heterocycles. The van der Waals surface area contributed by atoms with Crippen molar-refractivity contribution in [3.05, 3.63) is 35.6 Å². The molecule has 0 aliphatic heterocycles. The van der Waals surface area contributed by atoms with Crippen LogP contribution in [0.25, 0.3) is 0 Å². The highest BCUT2D eigenvalue weighted by Crippen LogP contribution is 2.30. The second kappa shape index (κ2) is 7.59. The van der Waals surface area contributed by atoms with Gasteiger partial charge in [-0.2, -0.15) is 4.98 Å². The largest absolute Gasteiger partial charge is 0.343 e. The first-order valence-electron chi connectivity index (χ1n) is 7.87. The maximum Gasteiger partial charge on any atom is 0.254 e. The van der Waals surface area contributed by atoms with E-state index in [2.05, 4.69) is 20.4 Å². The minimum Gasteiger partial charge on any atom is -0.343 e. The van der Waals surface area contributed by atoms with Crippen molar-refractivity contribution in [2.24, 2.45) is 0 Å². The van der Waals surface area contributed by atoms with Crippen LogP contribution in [0.5, 0.6) is 0 Å². The first-order chi connectivity index (χ1) is 11.3. The van der Waals surface area contributed by atoms with Crippen molar-refractivity contribution in [3.8, 4) is 0 Å². The average molecular weight is 332 g/mol. The van der Waals surface area contributed by atoms with Crippen molar-refractivity contribution in [3.63, 3.8) is 0 Å². The third-order valence-electron chi connectivity index (χ3n) is 4.06. The number of pyridine rings is 1. The predicted octanol–water partition coefficient (Wildman–Crippen LogP) is 3.16. The molecule has 0 unspecified atom stereocenters. The molecule has 1 fully saturated rings. The Labute approximate surface area is 139 Å². The van der Waals surface area contributed by atoms with Crippen molar-refractivity contribution in [2.45, 2.75) is 49.6 Å². The van der Waals surface area contributed by atoms with Crippen LogP contribution in [-0.2, 0) is 6.54 Å². The molecule has 0 bridgehead atoms. The molecular formula is C16H20N4O2S. The fourth-order valence-electron chi connectivity index (χ4n) is 2.84. The maximum atomic E-state index is 12.3. The lowest BCUT2D eigenvalue weighted by atomic mass is 9.89. The number of nitrogens with zero attached hydrogens (tertiary/aromatic N) is 3. The van der Waals surface area contributed by atoms with E-state index < -0.39 is 0 Å². The van der Waals surface area contributed by atoms with Gasteiger partial charge in [-0.1, -0.05) is 24.4 Å². The van der Waals surface area contributed by atoms with Crippen molar-refractivity contribution in [1.29, 1.82) is 0 Å². The molecule has 6 nitrogen and oxygen atoms in total. The van der Waals surface area contributed by atoms with Gasteiger partial charge in [0, 0.05) is 12.1 Å². The van der Waals surface area contributed by atoms with E-state index >= 15 is 0 Å². The Morgan fingerprint density at radius 3 is 3.00 bits per heavy atom. The highest BCUT2D eigenvalue weighted by Gasteiger charge is 2.21. The van der Waals surface area contributed by atoms with Gasteiger partial charge in [0.2, 0.25) is 5.89 Å². The van der Waals surface area contributed by atoms with E-state index in [0.717, 1.165) is 18.7 Å². The number of thioether (sulfide) groups is 1. The van der Waals surface area contributed by atoms with Gasteiger partial charge in [-0.05, 0) is 31.2 Å². The summed E-state index contributed by atoms with van der Waals surface area (Å²) in [6.07, 6.45) is 9.56. The lowest BCUT2D eigenvalue weighted by Crippen LogP contribution is -2.23. The Morgan fingerprint density at radius 2 is 2.22 bits per heavy atom. The molecule has 2 aromatic rings. The van der Waals surface area contributed by atoms with Crippen LogP contribution in [0, 0.1) is 0 Å². The van der Waals surface area contributed by atoms with Gasteiger partial charge < -0.3 is 9.84 Å². The fourth-order valence-corrected chi connectivity index (χ4v) is 3.39. The summed E-state index contributed by atoms with van der Waals surface area (Å²) in [5.74, 6) is 1.45. The van der Waals surface area contributed by atoms with Crippen LogP contribution in [0.1, 0.15) is 60.1 Å². The lowest BCUT2D eigenvalue weighted by molar-refractivity contribution is 0.0942. The minimum absolute atomic E-state index is 0.181. The summed E-state index contributed by atoms with van der Waals surface area (Å²) in [4.78, 5) is 20.9. The van der Waals surface area contributed by atoms with Crippen LogP contribution in [-0.4, -0.2) is 27.3 Å². The molecule has 0 spiro atoms. The van der Waals surface area contributed by atoms with Gasteiger partial charge in [0.1, 0.15) is 5.03 Å². The second-order valence-electron chi connectivity index (χ2n) is 5.62. The molecule has 0 aromatic carbocycles. The highest BCUT2D eigenvalue weighted by atomic mass is 32.2. The number of hydrogen-bond acceptors (Lipinski definition) is 6. The van der Waals surface area contributed by atoms with Gasteiger partial charge in [-0.25, -0.2) is 4.98 Å². The smallest absolute Gasteiger partial charge is 0.254 e. The molecule has 1 N–H and O–H groups in total. The van der Waals surface area contributed by atoms with Gasteiger partial charge in [-0.15, -0.1) is 11.8 Å². The first-order valence-corrected chi connectivity index (χ1v) is 9.10. The zero-order chi connectivity index (χ0) is 16.1. The van der Waals surface area contributed by atoms with Crippen LogP contribution in [0.15, 0.2) is 27.9 Å². The molecule has 1 aliphatic rings. The van der Waals surface area contributed by atoms with Gasteiger partial charge in [0.25, 0.3) is 5.91 Å². The van der Waals surface area contributed by atoms with E-state index in [4.69, 9.17) is 4.52 Å². The van der Waals surface area contributed by atoms with Crippen LogP contribution in [0.4, 0.5) is 0 Å². The number of hydrogen-bond donors (Lipinski definition) is 1. The zero-order valence-electron chi connectivity index (χ0n) is 13.1. The summed E-state index contributed by atoms with van der Waals surface area (Å²) in [5, 5.41) is 7.59. The van der Waals surface area contributed by atoms with E-state index in [1.807, 2.05) is 6.26 Å². The first kappa shape index (κ1) is 16.0. The van der Waals surface area contributed by atoms with E-state index in [1.165, 1.54) is 31.0 Å². The highest BCUT2D eigenvalue weighted by molar-refractivity contribution is 7.98. The minimum atomic E-state index is -0.181. The molecule has 3 rings (SSSR count). The SMILES string of the molecule is CSc1ncccc1C(=O)NCc1nc(C2CCCCC2)no1. The van der Waals surface area contributed by atoms with Gasteiger partial charge in [0.15, 0.2) is 5.82 Å². The monoisotopic (exact) mass is 332 g/mol. The Hall–Kier alpha value is -1.89. The molecule has 23 heavy (non-hydrogen) atoms. The van der Waals surface area contributed by atoms with E-state index in [1.54, 1.807) is 18.3 Å². The van der Waals surface area contributed by atoms with Crippen molar-refractivity contribution in [1.82, 2.24) is 20.4 Å². The number of nitrogens with one attached hydrogen (secondary N) is 1. The second-order valence-corrected chi connectivity index (χ2v) is 6.42. The maximum absolute atomic E-state index is 12.3. The lowest BCUT2D eigenvalue weighted by Gasteiger charge is -2.17. The summed E-state index contributed by atoms with van der Waals surface area (Å²) < 4.78 is 5.26. The average Bonchev–Trinajstić information content (AvgIpc) is 3.09. The molecule has 1 aliphatic carbocycles. The van der Waals surface area contributed by atoms with Gasteiger partial charge in [0.05, 0.1) is 12.1 Å². The Bertz CT molecular complexity index is 668. The molecule has 0 radical (unpaired) electrons. The Morgan fingerprint density at radius 1 is 1.39 bits per heavy atom. The molecule has 0 saturated heterocycles. The Kier molecular flexibility index (Phi) is 5.27. The summed E-state index contributed by atoms with van der Waals surface area (Å²) in [6.45, 7) is 0.237. The third kappa shape index (κ3) is 3.90. The van der Waals surface area contributed by atoms with Crippen molar-refractivity contribution >= 4 is 17.7 Å². The van der Waals surface area contributed by atoms with E-state index in [0.29, 0.717) is 22.4 Å². The predicted molar refractivity (Wildman–Crippen MR) is 87.3 cm³/mol. The third-order valence-corrected chi connectivity index (χ3v) is 4.78. The zero-order valence-corrected chi connectivity index (χ0v) is 13.9. The number of carbonyl (C=O) groups is 1. The molecule has 2 heterocycles. The molecular weight excluding hydrogens is 312 g/mol.